The Hall–Kier alpha value is -4.47. The molecule has 2 amide bonds. The fourth-order valence-electron chi connectivity index (χ4n) is 3.99. The molecule has 0 fully saturated rings. The molecule has 0 saturated heterocycles. The van der Waals surface area contributed by atoms with Gasteiger partial charge in [0.15, 0.2) is 0 Å². The second-order valence-corrected chi connectivity index (χ2v) is 8.13. The topological polar surface area (TPSA) is 149 Å². The van der Waals surface area contributed by atoms with Gasteiger partial charge in [-0.05, 0) is 66.5 Å². The molecule has 1 unspecified atom stereocenters. The van der Waals surface area contributed by atoms with Gasteiger partial charge in [-0.2, -0.15) is 5.10 Å². The van der Waals surface area contributed by atoms with Crippen molar-refractivity contribution in [3.63, 3.8) is 0 Å². The van der Waals surface area contributed by atoms with Crippen molar-refractivity contribution in [3.05, 3.63) is 94.8 Å². The molecule has 0 spiro atoms. The number of aryl methyl sites for hydroxylation is 1. The Balaban J connectivity index is 0.00000153. The highest BCUT2D eigenvalue weighted by molar-refractivity contribution is 6.10. The Labute approximate surface area is 215 Å². The number of hydrazone groups is 1. The number of para-hydroxylation sites is 1. The van der Waals surface area contributed by atoms with E-state index in [1.165, 1.54) is 23.3 Å². The van der Waals surface area contributed by atoms with Gasteiger partial charge in [-0.3, -0.25) is 9.59 Å². The average molecular weight is 511 g/mol. The number of nitrogens with zero attached hydrogens (tertiary/aromatic N) is 1. The predicted molar refractivity (Wildman–Crippen MR) is 143 cm³/mol. The van der Waals surface area contributed by atoms with Crippen LogP contribution in [0.5, 0.6) is 0 Å². The quantitative estimate of drug-likeness (QED) is 0.122. The number of carbonyl (C=O) groups is 2. The molecule has 0 radical (unpaired) electrons. The van der Waals surface area contributed by atoms with E-state index in [2.05, 4.69) is 33.7 Å². The number of primary amides is 1. The maximum absolute atomic E-state index is 13.7. The van der Waals surface area contributed by atoms with Crippen molar-refractivity contribution in [3.8, 4) is 0 Å². The first-order chi connectivity index (χ1) is 17.9. The number of fused-ring (bicyclic) bond motifs is 1. The van der Waals surface area contributed by atoms with Crippen LogP contribution in [0.3, 0.4) is 0 Å². The summed E-state index contributed by atoms with van der Waals surface area (Å²) in [6.07, 6.45) is 12.3. The lowest BCUT2D eigenvalue weighted by molar-refractivity contribution is -0.113. The van der Waals surface area contributed by atoms with E-state index in [0.717, 1.165) is 49.0 Å². The number of rotatable bonds is 8. The van der Waals surface area contributed by atoms with Crippen LogP contribution in [-0.2, 0) is 22.4 Å². The molecule has 10 heteroatoms. The monoisotopic (exact) mass is 510 g/mol. The molecule has 1 atom stereocenters. The molecular weight excluding hydrogens is 478 g/mol. The highest BCUT2D eigenvalue weighted by Crippen LogP contribution is 2.32. The molecule has 0 aromatic heterocycles. The molecule has 2 aromatic rings. The van der Waals surface area contributed by atoms with Crippen molar-refractivity contribution in [1.82, 2.24) is 5.43 Å². The van der Waals surface area contributed by atoms with Gasteiger partial charge in [0.1, 0.15) is 17.3 Å². The lowest BCUT2D eigenvalue weighted by atomic mass is 9.79. The molecule has 196 valence electrons. The van der Waals surface area contributed by atoms with Gasteiger partial charge in [0.25, 0.3) is 5.91 Å². The molecule has 1 aliphatic carbocycles. The van der Waals surface area contributed by atoms with Crippen LogP contribution in [0.15, 0.2) is 71.6 Å². The van der Waals surface area contributed by atoms with Crippen molar-refractivity contribution in [1.29, 1.82) is 0 Å². The average Bonchev–Trinajstić information content (AvgIpc) is 2.89. The number of nitrogens with two attached hydrogens (primary N) is 3. The van der Waals surface area contributed by atoms with E-state index in [9.17, 15) is 13.6 Å². The van der Waals surface area contributed by atoms with E-state index in [4.69, 9.17) is 16.3 Å². The number of benzene rings is 2. The summed E-state index contributed by atoms with van der Waals surface area (Å²) in [6, 6.07) is 9.58. The molecule has 0 aliphatic heterocycles. The molecular formula is C27H32F2N6O2. The first kappa shape index (κ1) is 28.8. The van der Waals surface area contributed by atoms with E-state index in [0.29, 0.717) is 5.92 Å². The number of hydrogen-bond acceptors (Lipinski definition) is 6. The number of anilines is 1. The van der Waals surface area contributed by atoms with Crippen molar-refractivity contribution in [2.75, 3.05) is 12.4 Å². The maximum Gasteiger partial charge on any atom is 0.271 e. The van der Waals surface area contributed by atoms with Crippen molar-refractivity contribution < 1.29 is 18.4 Å². The van der Waals surface area contributed by atoms with Crippen LogP contribution in [0.4, 0.5) is 14.5 Å². The molecule has 8 N–H and O–H groups in total. The fraction of sp³-hybridized carbons (Fsp3) is 0.222. The molecule has 1 aliphatic rings. The normalized spacial score (nSPS) is 15.6. The number of carbonyl (C=O) groups excluding carboxylic acids is 2. The van der Waals surface area contributed by atoms with Crippen LogP contribution in [0, 0.1) is 17.6 Å². The number of hydrogen-bond donors (Lipinski definition) is 5. The number of halogens is 2. The zero-order chi connectivity index (χ0) is 27.2. The van der Waals surface area contributed by atoms with Crippen molar-refractivity contribution in [2.45, 2.75) is 25.7 Å². The Morgan fingerprint density at radius 1 is 1.16 bits per heavy atom. The van der Waals surface area contributed by atoms with Crippen LogP contribution >= 0.6 is 0 Å². The summed E-state index contributed by atoms with van der Waals surface area (Å²) < 4.78 is 27.4. The SMILES string of the molecule is CN/N=C/C(=C\N)c1cccc2c1CC(C/C=C\C=C(/N)C(=O)Nc1c(F)cccc1F)CC2.NC=O. The van der Waals surface area contributed by atoms with Gasteiger partial charge in [0, 0.05) is 18.8 Å². The highest BCUT2D eigenvalue weighted by atomic mass is 19.1. The summed E-state index contributed by atoms with van der Waals surface area (Å²) in [6.45, 7) is 0. The summed E-state index contributed by atoms with van der Waals surface area (Å²) in [5.41, 5.74) is 22.4. The summed E-state index contributed by atoms with van der Waals surface area (Å²) in [7, 11) is 1.73. The van der Waals surface area contributed by atoms with Gasteiger partial charge in [-0.25, -0.2) is 8.78 Å². The minimum absolute atomic E-state index is 0.142. The number of nitrogens with one attached hydrogen (secondary N) is 2. The molecule has 8 nitrogen and oxygen atoms in total. The second-order valence-electron chi connectivity index (χ2n) is 8.13. The third kappa shape index (κ3) is 8.31. The van der Waals surface area contributed by atoms with Gasteiger partial charge in [-0.1, -0.05) is 36.4 Å². The summed E-state index contributed by atoms with van der Waals surface area (Å²) in [5, 5.41) is 6.26. The van der Waals surface area contributed by atoms with Crippen molar-refractivity contribution >= 4 is 29.8 Å². The standard InChI is InChI=1S/C26H29F2N5O.CH3NO/c1-31-32-16-19(15-29)20-8-4-7-18-13-12-17(14-21(18)20)6-2-3-11-24(30)26(34)33-25-22(27)9-5-10-23(25)28;2-1-3/h2-5,7-11,15-17,31H,6,12-14,29-30H2,1H3,(H,33,34);1H,(H2,2,3)/b3-2-,19-15+,24-11-,32-16+;. The van der Waals surface area contributed by atoms with Crippen LogP contribution < -0.4 is 27.9 Å². The Morgan fingerprint density at radius 2 is 1.84 bits per heavy atom. The summed E-state index contributed by atoms with van der Waals surface area (Å²) >= 11 is 0. The minimum atomic E-state index is -0.862. The first-order valence-electron chi connectivity index (χ1n) is 11.6. The van der Waals surface area contributed by atoms with Crippen LogP contribution in [-0.4, -0.2) is 25.6 Å². The largest absolute Gasteiger partial charge is 0.404 e. The molecule has 37 heavy (non-hydrogen) atoms. The highest BCUT2D eigenvalue weighted by Gasteiger charge is 2.21. The molecule has 2 aromatic carbocycles. The fourth-order valence-corrected chi connectivity index (χ4v) is 3.99. The molecule has 3 rings (SSSR count). The lowest BCUT2D eigenvalue weighted by Crippen LogP contribution is -2.21. The third-order valence-corrected chi connectivity index (χ3v) is 5.76. The summed E-state index contributed by atoms with van der Waals surface area (Å²) in [4.78, 5) is 20.7. The first-order valence-corrected chi connectivity index (χ1v) is 11.6. The Kier molecular flexibility index (Phi) is 11.5. The van der Waals surface area contributed by atoms with Crippen LogP contribution in [0.2, 0.25) is 0 Å². The van der Waals surface area contributed by atoms with Gasteiger partial charge in [-0.15, -0.1) is 0 Å². The predicted octanol–water partition coefficient (Wildman–Crippen LogP) is 3.10. The van der Waals surface area contributed by atoms with Gasteiger partial charge >= 0.3 is 0 Å². The Morgan fingerprint density at radius 3 is 2.49 bits per heavy atom. The smallest absolute Gasteiger partial charge is 0.271 e. The molecule has 0 heterocycles. The van der Waals surface area contributed by atoms with Crippen LogP contribution in [0.25, 0.3) is 5.57 Å². The van der Waals surface area contributed by atoms with Crippen LogP contribution in [0.1, 0.15) is 29.5 Å². The zero-order valence-corrected chi connectivity index (χ0v) is 20.6. The number of allylic oxidation sites excluding steroid dienone is 4. The maximum atomic E-state index is 13.7. The Bertz CT molecular complexity index is 1190. The minimum Gasteiger partial charge on any atom is -0.404 e. The molecule has 0 saturated carbocycles. The lowest BCUT2D eigenvalue weighted by Gasteiger charge is -2.26. The van der Waals surface area contributed by atoms with Gasteiger partial charge < -0.3 is 27.9 Å². The van der Waals surface area contributed by atoms with E-state index in [1.807, 2.05) is 12.1 Å². The van der Waals surface area contributed by atoms with E-state index in [1.54, 1.807) is 25.5 Å². The zero-order valence-electron chi connectivity index (χ0n) is 20.6. The summed E-state index contributed by atoms with van der Waals surface area (Å²) in [5.74, 6) is -2.08. The van der Waals surface area contributed by atoms with Gasteiger partial charge in [0.05, 0.1) is 11.9 Å². The molecule has 0 bridgehead atoms. The van der Waals surface area contributed by atoms with E-state index >= 15 is 0 Å². The van der Waals surface area contributed by atoms with E-state index < -0.39 is 23.2 Å². The third-order valence-electron chi connectivity index (χ3n) is 5.76. The number of amides is 2. The second kappa shape index (κ2) is 14.8. The van der Waals surface area contributed by atoms with Crippen molar-refractivity contribution in [2.24, 2.45) is 28.2 Å². The van der Waals surface area contributed by atoms with E-state index in [-0.39, 0.29) is 12.1 Å². The van der Waals surface area contributed by atoms with Gasteiger partial charge in [0.2, 0.25) is 6.41 Å².